The third kappa shape index (κ3) is 7.39. The SMILES string of the molecule is CCCCCCCCCC(=O)Cc1cccc(C(=O)OC)c1. The summed E-state index contributed by atoms with van der Waals surface area (Å²) in [5.74, 6) is -0.114. The van der Waals surface area contributed by atoms with Gasteiger partial charge in [0.05, 0.1) is 12.7 Å². The van der Waals surface area contributed by atoms with Crippen LogP contribution in [0.5, 0.6) is 0 Å². The lowest BCUT2D eigenvalue weighted by Gasteiger charge is -2.04. The number of methoxy groups -OCH3 is 1. The van der Waals surface area contributed by atoms with Gasteiger partial charge in [0.2, 0.25) is 0 Å². The van der Waals surface area contributed by atoms with Crippen molar-refractivity contribution in [2.24, 2.45) is 0 Å². The Labute approximate surface area is 134 Å². The molecule has 1 aromatic carbocycles. The molecule has 0 spiro atoms. The minimum absolute atomic E-state index is 0.246. The number of esters is 1. The molecule has 3 heteroatoms. The van der Waals surface area contributed by atoms with E-state index in [2.05, 4.69) is 6.92 Å². The molecule has 1 aromatic rings. The van der Waals surface area contributed by atoms with E-state index in [-0.39, 0.29) is 11.8 Å². The molecule has 0 aromatic heterocycles. The lowest BCUT2D eigenvalue weighted by atomic mass is 10.0. The topological polar surface area (TPSA) is 43.4 Å². The largest absolute Gasteiger partial charge is 0.465 e. The average Bonchev–Trinajstić information content (AvgIpc) is 2.53. The zero-order valence-corrected chi connectivity index (χ0v) is 13.9. The molecule has 0 aliphatic rings. The Balaban J connectivity index is 2.26. The summed E-state index contributed by atoms with van der Waals surface area (Å²) >= 11 is 0. The molecule has 0 saturated carbocycles. The Kier molecular flexibility index (Phi) is 9.20. The van der Waals surface area contributed by atoms with Crippen molar-refractivity contribution in [2.75, 3.05) is 7.11 Å². The third-order valence-corrected chi connectivity index (χ3v) is 3.81. The molecule has 1 rings (SSSR count). The Morgan fingerprint density at radius 2 is 1.68 bits per heavy atom. The summed E-state index contributed by atoms with van der Waals surface area (Å²) in [6, 6.07) is 7.13. The van der Waals surface area contributed by atoms with Gasteiger partial charge < -0.3 is 4.74 Å². The first-order valence-electron chi connectivity index (χ1n) is 8.36. The highest BCUT2D eigenvalue weighted by atomic mass is 16.5. The van der Waals surface area contributed by atoms with Crippen LogP contribution in [0.2, 0.25) is 0 Å². The number of benzene rings is 1. The second kappa shape index (κ2) is 11.0. The second-order valence-corrected chi connectivity index (χ2v) is 5.78. The van der Waals surface area contributed by atoms with Crippen LogP contribution in [0.3, 0.4) is 0 Å². The first-order valence-corrected chi connectivity index (χ1v) is 8.36. The van der Waals surface area contributed by atoms with Crippen LogP contribution >= 0.6 is 0 Å². The van der Waals surface area contributed by atoms with Gasteiger partial charge in [-0.2, -0.15) is 0 Å². The molecule has 0 heterocycles. The Morgan fingerprint density at radius 1 is 1.00 bits per heavy atom. The predicted octanol–water partition coefficient (Wildman–Crippen LogP) is 4.73. The van der Waals surface area contributed by atoms with Gasteiger partial charge >= 0.3 is 5.97 Å². The average molecular weight is 304 g/mol. The van der Waals surface area contributed by atoms with Gasteiger partial charge in [0.1, 0.15) is 5.78 Å². The van der Waals surface area contributed by atoms with Crippen LogP contribution in [0, 0.1) is 0 Å². The van der Waals surface area contributed by atoms with Crippen molar-refractivity contribution in [1.29, 1.82) is 0 Å². The molecule has 0 unspecified atom stereocenters. The fourth-order valence-electron chi connectivity index (χ4n) is 2.52. The second-order valence-electron chi connectivity index (χ2n) is 5.78. The van der Waals surface area contributed by atoms with Gasteiger partial charge in [-0.3, -0.25) is 4.79 Å². The first-order chi connectivity index (χ1) is 10.7. The van der Waals surface area contributed by atoms with E-state index in [9.17, 15) is 9.59 Å². The summed E-state index contributed by atoms with van der Waals surface area (Å²) in [6.07, 6.45) is 9.55. The highest BCUT2D eigenvalue weighted by Crippen LogP contribution is 2.12. The van der Waals surface area contributed by atoms with Gasteiger partial charge in [0.25, 0.3) is 0 Å². The monoisotopic (exact) mass is 304 g/mol. The summed E-state index contributed by atoms with van der Waals surface area (Å²) in [6.45, 7) is 2.22. The molecule has 0 N–H and O–H groups in total. The van der Waals surface area contributed by atoms with Crippen molar-refractivity contribution in [3.63, 3.8) is 0 Å². The maximum atomic E-state index is 12.0. The number of carbonyl (C=O) groups is 2. The predicted molar refractivity (Wildman–Crippen MR) is 89.1 cm³/mol. The molecule has 3 nitrogen and oxygen atoms in total. The molecule has 0 aliphatic carbocycles. The van der Waals surface area contributed by atoms with Crippen molar-refractivity contribution in [1.82, 2.24) is 0 Å². The summed E-state index contributed by atoms with van der Waals surface area (Å²) in [5, 5.41) is 0. The number of carbonyl (C=O) groups excluding carboxylic acids is 2. The fraction of sp³-hybridized carbons (Fsp3) is 0.579. The molecular weight excluding hydrogens is 276 g/mol. The van der Waals surface area contributed by atoms with E-state index in [0.29, 0.717) is 18.4 Å². The number of rotatable bonds is 11. The van der Waals surface area contributed by atoms with Crippen LogP contribution in [0.25, 0.3) is 0 Å². The molecule has 22 heavy (non-hydrogen) atoms. The van der Waals surface area contributed by atoms with E-state index >= 15 is 0 Å². The van der Waals surface area contributed by atoms with E-state index in [1.165, 1.54) is 39.2 Å². The standard InChI is InChI=1S/C19H28O3/c1-3-4-5-6-7-8-9-13-18(20)15-16-11-10-12-17(14-16)19(21)22-2/h10-12,14H,3-9,13,15H2,1-2H3. The van der Waals surface area contributed by atoms with Crippen LogP contribution in [-0.4, -0.2) is 18.9 Å². The number of hydrogen-bond acceptors (Lipinski definition) is 3. The molecule has 0 fully saturated rings. The summed E-state index contributed by atoms with van der Waals surface area (Å²) in [7, 11) is 1.36. The van der Waals surface area contributed by atoms with Crippen molar-refractivity contribution in [2.45, 2.75) is 64.7 Å². The summed E-state index contributed by atoms with van der Waals surface area (Å²) in [5.41, 5.74) is 1.39. The van der Waals surface area contributed by atoms with Crippen molar-refractivity contribution in [3.8, 4) is 0 Å². The molecular formula is C19H28O3. The zero-order valence-electron chi connectivity index (χ0n) is 13.9. The smallest absolute Gasteiger partial charge is 0.337 e. The van der Waals surface area contributed by atoms with Crippen molar-refractivity contribution in [3.05, 3.63) is 35.4 Å². The Bertz CT molecular complexity index is 466. The quantitative estimate of drug-likeness (QED) is 0.438. The van der Waals surface area contributed by atoms with Crippen molar-refractivity contribution >= 4 is 11.8 Å². The Hall–Kier alpha value is -1.64. The van der Waals surface area contributed by atoms with Crippen LogP contribution in [0.4, 0.5) is 0 Å². The van der Waals surface area contributed by atoms with Gasteiger partial charge in [-0.1, -0.05) is 57.6 Å². The molecule has 0 amide bonds. The maximum absolute atomic E-state index is 12.0. The first kappa shape index (κ1) is 18.4. The molecule has 0 aliphatic heterocycles. The van der Waals surface area contributed by atoms with Gasteiger partial charge in [-0.15, -0.1) is 0 Å². The van der Waals surface area contributed by atoms with Gasteiger partial charge in [0, 0.05) is 12.8 Å². The lowest BCUT2D eigenvalue weighted by Crippen LogP contribution is -2.05. The highest BCUT2D eigenvalue weighted by molar-refractivity contribution is 5.90. The van der Waals surface area contributed by atoms with Crippen LogP contribution in [-0.2, 0) is 16.0 Å². The minimum atomic E-state index is -0.360. The number of ketones is 1. The normalized spacial score (nSPS) is 10.5. The van der Waals surface area contributed by atoms with Gasteiger partial charge in [-0.05, 0) is 24.1 Å². The number of ether oxygens (including phenoxy) is 1. The molecule has 0 bridgehead atoms. The van der Waals surface area contributed by atoms with E-state index in [1.807, 2.05) is 6.07 Å². The van der Waals surface area contributed by atoms with Crippen LogP contribution in [0.15, 0.2) is 24.3 Å². The van der Waals surface area contributed by atoms with Gasteiger partial charge in [0.15, 0.2) is 0 Å². The number of unbranched alkanes of at least 4 members (excludes halogenated alkanes) is 6. The van der Waals surface area contributed by atoms with E-state index in [0.717, 1.165) is 18.4 Å². The van der Waals surface area contributed by atoms with E-state index < -0.39 is 0 Å². The van der Waals surface area contributed by atoms with Crippen LogP contribution in [0.1, 0.15) is 74.2 Å². The van der Waals surface area contributed by atoms with Crippen LogP contribution < -0.4 is 0 Å². The summed E-state index contributed by atoms with van der Waals surface area (Å²) in [4.78, 5) is 23.4. The molecule has 0 atom stereocenters. The minimum Gasteiger partial charge on any atom is -0.465 e. The molecule has 0 saturated heterocycles. The van der Waals surface area contributed by atoms with E-state index in [4.69, 9.17) is 4.74 Å². The van der Waals surface area contributed by atoms with Crippen molar-refractivity contribution < 1.29 is 14.3 Å². The summed E-state index contributed by atoms with van der Waals surface area (Å²) < 4.78 is 4.69. The molecule has 122 valence electrons. The number of Topliss-reactive ketones (excluding diaryl/α,β-unsaturated/α-hetero) is 1. The zero-order chi connectivity index (χ0) is 16.2. The third-order valence-electron chi connectivity index (χ3n) is 3.81. The maximum Gasteiger partial charge on any atom is 0.337 e. The lowest BCUT2D eigenvalue weighted by molar-refractivity contribution is -0.118. The van der Waals surface area contributed by atoms with Gasteiger partial charge in [-0.25, -0.2) is 4.79 Å². The fourth-order valence-corrected chi connectivity index (χ4v) is 2.52. The van der Waals surface area contributed by atoms with E-state index in [1.54, 1.807) is 18.2 Å². The highest BCUT2D eigenvalue weighted by Gasteiger charge is 2.08. The number of hydrogen-bond donors (Lipinski definition) is 0. The Morgan fingerprint density at radius 3 is 2.36 bits per heavy atom. The molecule has 0 radical (unpaired) electrons.